The molecule has 0 radical (unpaired) electrons. The number of hydrogen-bond donors (Lipinski definition) is 1. The van der Waals surface area contributed by atoms with Crippen LogP contribution in [0.4, 0.5) is 4.39 Å². The molecule has 4 heteroatoms. The van der Waals surface area contributed by atoms with Gasteiger partial charge in [-0.1, -0.05) is 12.1 Å². The Balaban J connectivity index is 1.85. The fourth-order valence-electron chi connectivity index (χ4n) is 3.52. The molecule has 0 aromatic heterocycles. The molecule has 2 N–H and O–H groups in total. The highest BCUT2D eigenvalue weighted by Gasteiger charge is 2.39. The highest BCUT2D eigenvalue weighted by atomic mass is 19.1. The lowest BCUT2D eigenvalue weighted by atomic mass is 10.0. The monoisotopic (exact) mass is 264 g/mol. The Kier molecular flexibility index (Phi) is 3.82. The number of rotatable bonds is 3. The number of hydrogen-bond acceptors (Lipinski definition) is 3. The summed E-state index contributed by atoms with van der Waals surface area (Å²) in [6.45, 7) is 2.17. The van der Waals surface area contributed by atoms with E-state index in [4.69, 9.17) is 10.5 Å². The molecule has 19 heavy (non-hydrogen) atoms. The number of morpholine rings is 1. The van der Waals surface area contributed by atoms with Crippen LogP contribution in [-0.4, -0.2) is 36.7 Å². The second kappa shape index (κ2) is 5.57. The molecule has 0 amide bonds. The smallest absolute Gasteiger partial charge is 0.123 e. The number of halogens is 1. The molecule has 1 aromatic carbocycles. The van der Waals surface area contributed by atoms with Gasteiger partial charge in [-0.2, -0.15) is 0 Å². The van der Waals surface area contributed by atoms with Gasteiger partial charge < -0.3 is 10.5 Å². The number of nitrogens with zero attached hydrogens (tertiary/aromatic N) is 1. The summed E-state index contributed by atoms with van der Waals surface area (Å²) in [6, 6.07) is 7.38. The van der Waals surface area contributed by atoms with Crippen LogP contribution in [0.5, 0.6) is 0 Å². The van der Waals surface area contributed by atoms with E-state index in [2.05, 4.69) is 4.90 Å². The summed E-state index contributed by atoms with van der Waals surface area (Å²) in [6.07, 6.45) is 3.86. The van der Waals surface area contributed by atoms with Crippen LogP contribution in [-0.2, 0) is 4.74 Å². The van der Waals surface area contributed by atoms with Crippen molar-refractivity contribution in [3.05, 3.63) is 35.6 Å². The van der Waals surface area contributed by atoms with Gasteiger partial charge in [0.1, 0.15) is 5.82 Å². The second-order valence-electron chi connectivity index (χ2n) is 5.45. The highest BCUT2D eigenvalue weighted by Crippen LogP contribution is 2.35. The summed E-state index contributed by atoms with van der Waals surface area (Å²) in [5.41, 5.74) is 6.95. The van der Waals surface area contributed by atoms with Crippen molar-refractivity contribution in [1.29, 1.82) is 0 Å². The third kappa shape index (κ3) is 2.53. The van der Waals surface area contributed by atoms with Crippen molar-refractivity contribution >= 4 is 0 Å². The van der Waals surface area contributed by atoms with Gasteiger partial charge in [-0.15, -0.1) is 0 Å². The average Bonchev–Trinajstić information content (AvgIpc) is 2.89. The van der Waals surface area contributed by atoms with Gasteiger partial charge in [0.2, 0.25) is 0 Å². The summed E-state index contributed by atoms with van der Waals surface area (Å²) < 4.78 is 19.2. The third-order valence-electron chi connectivity index (χ3n) is 4.38. The van der Waals surface area contributed by atoms with Crippen LogP contribution >= 0.6 is 0 Å². The maximum Gasteiger partial charge on any atom is 0.123 e. The van der Waals surface area contributed by atoms with Gasteiger partial charge in [0.15, 0.2) is 0 Å². The molecular formula is C15H21FN2O. The fourth-order valence-corrected chi connectivity index (χ4v) is 3.52. The topological polar surface area (TPSA) is 38.5 Å². The zero-order chi connectivity index (χ0) is 13.2. The first-order chi connectivity index (χ1) is 9.29. The molecule has 2 aliphatic rings. The zero-order valence-corrected chi connectivity index (χ0v) is 11.1. The summed E-state index contributed by atoms with van der Waals surface area (Å²) >= 11 is 0. The molecule has 3 atom stereocenters. The van der Waals surface area contributed by atoms with Crippen molar-refractivity contribution in [3.8, 4) is 0 Å². The molecular weight excluding hydrogens is 243 g/mol. The van der Waals surface area contributed by atoms with E-state index in [1.807, 2.05) is 6.07 Å². The first-order valence-electron chi connectivity index (χ1n) is 7.12. The number of fused-ring (bicyclic) bond motifs is 1. The van der Waals surface area contributed by atoms with Crippen LogP contribution in [0.3, 0.4) is 0 Å². The van der Waals surface area contributed by atoms with Crippen molar-refractivity contribution in [2.24, 2.45) is 5.73 Å². The van der Waals surface area contributed by atoms with Crippen LogP contribution in [0.2, 0.25) is 0 Å². The summed E-state index contributed by atoms with van der Waals surface area (Å²) in [5.74, 6) is -0.188. The molecule has 1 aromatic rings. The Morgan fingerprint density at radius 3 is 3.11 bits per heavy atom. The lowest BCUT2D eigenvalue weighted by Gasteiger charge is -2.42. The minimum Gasteiger partial charge on any atom is -0.375 e. The van der Waals surface area contributed by atoms with Crippen molar-refractivity contribution < 1.29 is 9.13 Å². The van der Waals surface area contributed by atoms with Crippen molar-refractivity contribution in [1.82, 2.24) is 4.90 Å². The first-order valence-corrected chi connectivity index (χ1v) is 7.12. The van der Waals surface area contributed by atoms with Gasteiger partial charge in [0, 0.05) is 25.2 Å². The van der Waals surface area contributed by atoms with E-state index in [9.17, 15) is 4.39 Å². The largest absolute Gasteiger partial charge is 0.375 e. The molecule has 1 aliphatic heterocycles. The number of benzene rings is 1. The molecule has 1 saturated carbocycles. The van der Waals surface area contributed by atoms with Gasteiger partial charge in [0.05, 0.1) is 12.7 Å². The molecule has 3 nitrogen and oxygen atoms in total. The Morgan fingerprint density at radius 1 is 1.42 bits per heavy atom. The predicted molar refractivity (Wildman–Crippen MR) is 72.3 cm³/mol. The lowest BCUT2D eigenvalue weighted by molar-refractivity contribution is -0.0711. The third-order valence-corrected chi connectivity index (χ3v) is 4.38. The Morgan fingerprint density at radius 2 is 2.32 bits per heavy atom. The van der Waals surface area contributed by atoms with Crippen LogP contribution < -0.4 is 5.73 Å². The summed E-state index contributed by atoms with van der Waals surface area (Å²) in [5, 5.41) is 0. The second-order valence-corrected chi connectivity index (χ2v) is 5.45. The molecule has 1 heterocycles. The van der Waals surface area contributed by atoms with Crippen molar-refractivity contribution in [3.63, 3.8) is 0 Å². The normalized spacial score (nSPS) is 29.2. The molecule has 104 valence electrons. The van der Waals surface area contributed by atoms with Crippen LogP contribution in [0, 0.1) is 5.82 Å². The summed E-state index contributed by atoms with van der Waals surface area (Å²) in [4.78, 5) is 2.43. The van der Waals surface area contributed by atoms with E-state index in [1.165, 1.54) is 12.5 Å². The minimum absolute atomic E-state index is 0.102. The van der Waals surface area contributed by atoms with Gasteiger partial charge in [0.25, 0.3) is 0 Å². The van der Waals surface area contributed by atoms with Crippen LogP contribution in [0.1, 0.15) is 30.9 Å². The molecule has 3 unspecified atom stereocenters. The Bertz CT molecular complexity index is 440. The van der Waals surface area contributed by atoms with Gasteiger partial charge in [-0.3, -0.25) is 4.90 Å². The zero-order valence-electron chi connectivity index (χ0n) is 11.1. The van der Waals surface area contributed by atoms with E-state index < -0.39 is 0 Å². The van der Waals surface area contributed by atoms with Crippen molar-refractivity contribution in [2.45, 2.75) is 37.5 Å². The molecule has 2 fully saturated rings. The minimum atomic E-state index is -0.188. The molecule has 1 saturated heterocycles. The Hall–Kier alpha value is -0.970. The van der Waals surface area contributed by atoms with Crippen molar-refractivity contribution in [2.75, 3.05) is 19.7 Å². The summed E-state index contributed by atoms with van der Waals surface area (Å²) in [7, 11) is 0. The fraction of sp³-hybridized carbons (Fsp3) is 0.600. The molecule has 3 rings (SSSR count). The maximum absolute atomic E-state index is 13.4. The van der Waals surface area contributed by atoms with Crippen LogP contribution in [0.15, 0.2) is 24.3 Å². The quantitative estimate of drug-likeness (QED) is 0.908. The maximum atomic E-state index is 13.4. The van der Waals surface area contributed by atoms with E-state index in [1.54, 1.807) is 12.1 Å². The SMILES string of the molecule is NCC(c1cccc(F)c1)N1CCOC2CCCC21. The predicted octanol–water partition coefficient (Wildman–Crippen LogP) is 2.08. The van der Waals surface area contributed by atoms with Crippen LogP contribution in [0.25, 0.3) is 0 Å². The molecule has 1 aliphatic carbocycles. The number of nitrogens with two attached hydrogens (primary N) is 1. The number of ether oxygens (including phenoxy) is 1. The van der Waals surface area contributed by atoms with Gasteiger partial charge in [-0.05, 0) is 37.0 Å². The standard InChI is InChI=1S/C15H21FN2O/c16-12-4-1-3-11(9-12)14(10-17)18-7-8-19-15-6-2-5-13(15)18/h1,3-4,9,13-15H,2,5-8,10,17H2. The first kappa shape index (κ1) is 13.0. The molecule has 0 spiro atoms. The highest BCUT2D eigenvalue weighted by molar-refractivity contribution is 5.21. The van der Waals surface area contributed by atoms with E-state index in [-0.39, 0.29) is 11.9 Å². The average molecular weight is 264 g/mol. The molecule has 0 bridgehead atoms. The Labute approximate surface area is 113 Å². The van der Waals surface area contributed by atoms with Gasteiger partial charge >= 0.3 is 0 Å². The van der Waals surface area contributed by atoms with E-state index >= 15 is 0 Å². The van der Waals surface area contributed by atoms with E-state index in [0.717, 1.165) is 31.6 Å². The van der Waals surface area contributed by atoms with Gasteiger partial charge in [-0.25, -0.2) is 4.39 Å². The lowest BCUT2D eigenvalue weighted by Crippen LogP contribution is -2.51. The van der Waals surface area contributed by atoms with E-state index in [0.29, 0.717) is 18.7 Å².